The molecule has 10 heteroatoms. The first-order chi connectivity index (χ1) is 15.3. The summed E-state index contributed by atoms with van der Waals surface area (Å²) in [5, 5.41) is 14.4. The lowest BCUT2D eigenvalue weighted by Gasteiger charge is -2.44. The van der Waals surface area contributed by atoms with E-state index in [1.54, 1.807) is 11.0 Å². The van der Waals surface area contributed by atoms with Crippen LogP contribution in [-0.4, -0.2) is 47.5 Å². The van der Waals surface area contributed by atoms with Crippen LogP contribution >= 0.6 is 0 Å². The van der Waals surface area contributed by atoms with E-state index in [1.165, 1.54) is 24.3 Å². The zero-order valence-electron chi connectivity index (χ0n) is 17.6. The number of nitrogens with one attached hydrogen (secondary N) is 2. The third-order valence-electron chi connectivity index (χ3n) is 5.13. The molecule has 0 aromatic heterocycles. The number of halogens is 3. The van der Waals surface area contributed by atoms with E-state index < -0.39 is 17.5 Å². The molecular formula is C22H23F3N6O. The molecule has 0 bridgehead atoms. The number of hydrogen-bond acceptors (Lipinski definition) is 3. The number of nitriles is 1. The number of urea groups is 1. The maximum atomic E-state index is 13.6. The van der Waals surface area contributed by atoms with Crippen molar-refractivity contribution >= 4 is 23.4 Å². The summed E-state index contributed by atoms with van der Waals surface area (Å²) in [7, 11) is 0. The highest BCUT2D eigenvalue weighted by Crippen LogP contribution is 2.22. The number of carbonyl (C=O) groups excluding carboxylic acids is 1. The largest absolute Gasteiger partial charge is 0.335 e. The van der Waals surface area contributed by atoms with Gasteiger partial charge in [-0.2, -0.15) is 5.26 Å². The van der Waals surface area contributed by atoms with E-state index in [0.29, 0.717) is 25.3 Å². The summed E-state index contributed by atoms with van der Waals surface area (Å²) in [6.07, 6.45) is 1.82. The van der Waals surface area contributed by atoms with Gasteiger partial charge in [0.25, 0.3) is 0 Å². The molecule has 0 spiro atoms. The highest BCUT2D eigenvalue weighted by molar-refractivity contribution is 5.90. The monoisotopic (exact) mass is 444 g/mol. The van der Waals surface area contributed by atoms with Crippen molar-refractivity contribution in [3.05, 3.63) is 59.9 Å². The van der Waals surface area contributed by atoms with Crippen LogP contribution in [0.5, 0.6) is 0 Å². The maximum Gasteiger partial charge on any atom is 0.321 e. The van der Waals surface area contributed by atoms with Gasteiger partial charge in [0.1, 0.15) is 5.82 Å². The van der Waals surface area contributed by atoms with Gasteiger partial charge in [0, 0.05) is 31.4 Å². The molecule has 168 valence electrons. The van der Waals surface area contributed by atoms with E-state index in [2.05, 4.69) is 15.6 Å². The Balaban J connectivity index is 1.79. The van der Waals surface area contributed by atoms with Gasteiger partial charge in [-0.3, -0.25) is 5.32 Å². The molecule has 2 aromatic rings. The lowest BCUT2D eigenvalue weighted by molar-refractivity contribution is 0.118. The predicted octanol–water partition coefficient (Wildman–Crippen LogP) is 4.04. The third kappa shape index (κ3) is 5.49. The fourth-order valence-electron chi connectivity index (χ4n) is 3.49. The van der Waals surface area contributed by atoms with Crippen LogP contribution < -0.4 is 10.6 Å². The van der Waals surface area contributed by atoms with Gasteiger partial charge < -0.3 is 15.1 Å². The Morgan fingerprint density at radius 2 is 1.94 bits per heavy atom. The van der Waals surface area contributed by atoms with Gasteiger partial charge in [0.2, 0.25) is 5.96 Å². The number of anilines is 1. The van der Waals surface area contributed by atoms with Crippen LogP contribution in [-0.2, 0) is 0 Å². The first kappa shape index (κ1) is 22.9. The lowest BCUT2D eigenvalue weighted by atomic mass is 10.00. The molecule has 0 radical (unpaired) electrons. The Hall–Kier alpha value is -3.74. The molecule has 1 heterocycles. The summed E-state index contributed by atoms with van der Waals surface area (Å²) in [6, 6.07) is 8.27. The minimum Gasteiger partial charge on any atom is -0.335 e. The normalized spacial score (nSPS) is 16.7. The molecule has 3 rings (SSSR count). The molecule has 7 nitrogen and oxygen atoms in total. The molecule has 2 aromatic carbocycles. The van der Waals surface area contributed by atoms with Crippen LogP contribution in [0.25, 0.3) is 0 Å². The van der Waals surface area contributed by atoms with Gasteiger partial charge in [-0.05, 0) is 36.2 Å². The van der Waals surface area contributed by atoms with Gasteiger partial charge in [-0.25, -0.2) is 23.0 Å². The molecule has 2 amide bonds. The smallest absolute Gasteiger partial charge is 0.321 e. The van der Waals surface area contributed by atoms with Crippen molar-refractivity contribution in [2.45, 2.75) is 19.9 Å². The van der Waals surface area contributed by atoms with E-state index in [4.69, 9.17) is 0 Å². The zero-order chi connectivity index (χ0) is 23.3. The Labute approximate surface area is 184 Å². The van der Waals surface area contributed by atoms with E-state index >= 15 is 0 Å². The topological polar surface area (TPSA) is 83.8 Å². The van der Waals surface area contributed by atoms with Gasteiger partial charge >= 0.3 is 6.03 Å². The minimum absolute atomic E-state index is 0.0652. The van der Waals surface area contributed by atoms with Crippen LogP contribution in [0.3, 0.4) is 0 Å². The van der Waals surface area contributed by atoms with Crippen molar-refractivity contribution in [2.24, 2.45) is 10.9 Å². The number of nitrogens with zero attached hydrogens (tertiary/aromatic N) is 4. The highest BCUT2D eigenvalue weighted by atomic mass is 19.2. The molecule has 1 fully saturated rings. The van der Waals surface area contributed by atoms with Gasteiger partial charge in [0.05, 0.1) is 11.7 Å². The Morgan fingerprint density at radius 3 is 2.59 bits per heavy atom. The average molecular weight is 444 g/mol. The van der Waals surface area contributed by atoms with E-state index in [-0.39, 0.29) is 29.6 Å². The summed E-state index contributed by atoms with van der Waals surface area (Å²) in [4.78, 5) is 20.4. The van der Waals surface area contributed by atoms with Crippen LogP contribution in [0, 0.1) is 34.8 Å². The number of carbonyl (C=O) groups is 1. The van der Waals surface area contributed by atoms with E-state index in [0.717, 1.165) is 12.1 Å². The molecule has 1 unspecified atom stereocenters. The van der Waals surface area contributed by atoms with Crippen LogP contribution in [0.2, 0.25) is 0 Å². The second-order valence-electron chi connectivity index (χ2n) is 7.66. The summed E-state index contributed by atoms with van der Waals surface area (Å²) in [5.41, 5.74) is 0.501. The van der Waals surface area contributed by atoms with Gasteiger partial charge in [-0.1, -0.05) is 19.9 Å². The summed E-state index contributed by atoms with van der Waals surface area (Å²) in [5.74, 6) is -2.23. The highest BCUT2D eigenvalue weighted by Gasteiger charge is 2.33. The zero-order valence-corrected chi connectivity index (χ0v) is 17.6. The molecule has 2 N–H and O–H groups in total. The lowest BCUT2D eigenvalue weighted by Crippen LogP contribution is -2.60. The number of hydrogen-bond donors (Lipinski definition) is 2. The fraction of sp³-hybridized carbons (Fsp3) is 0.318. The molecule has 32 heavy (non-hydrogen) atoms. The minimum atomic E-state index is -1.04. The standard InChI is InChI=1S/C22H23F3N6O/c1-14(2)20-12-30(22(32)29-16-5-3-4-15(23)10-16)8-9-31(20)21(27-13-26)28-17-6-7-18(24)19(25)11-17/h3-7,10-11,14,20H,8-9,12H2,1-2H3,(H,27,28)(H,29,32). The summed E-state index contributed by atoms with van der Waals surface area (Å²) in [6.45, 7) is 4.91. The summed E-state index contributed by atoms with van der Waals surface area (Å²) < 4.78 is 40.2. The third-order valence-corrected chi connectivity index (χ3v) is 5.13. The predicted molar refractivity (Wildman–Crippen MR) is 115 cm³/mol. The van der Waals surface area contributed by atoms with Crippen molar-refractivity contribution in [3.63, 3.8) is 0 Å². The second-order valence-corrected chi connectivity index (χ2v) is 7.66. The SMILES string of the molecule is CC(C)C1CN(C(=O)Nc2cccc(F)c2)CCN1C(=Nc1ccc(F)c(F)c1)NC#N. The molecule has 1 aliphatic heterocycles. The number of benzene rings is 2. The summed E-state index contributed by atoms with van der Waals surface area (Å²) >= 11 is 0. The van der Waals surface area contributed by atoms with E-state index in [1.807, 2.05) is 24.9 Å². The molecular weight excluding hydrogens is 421 g/mol. The first-order valence-electron chi connectivity index (χ1n) is 10.1. The average Bonchev–Trinajstić information content (AvgIpc) is 2.75. The van der Waals surface area contributed by atoms with Crippen molar-refractivity contribution < 1.29 is 18.0 Å². The molecule has 1 atom stereocenters. The van der Waals surface area contributed by atoms with Crippen LogP contribution in [0.1, 0.15) is 13.8 Å². The van der Waals surface area contributed by atoms with Crippen LogP contribution in [0.15, 0.2) is 47.5 Å². The number of guanidine groups is 1. The molecule has 1 aliphatic rings. The van der Waals surface area contributed by atoms with Crippen molar-refractivity contribution in [2.75, 3.05) is 25.0 Å². The number of piperazine rings is 1. The second kappa shape index (κ2) is 10.0. The molecule has 0 saturated carbocycles. The molecule has 0 aliphatic carbocycles. The Morgan fingerprint density at radius 1 is 1.16 bits per heavy atom. The van der Waals surface area contributed by atoms with Crippen molar-refractivity contribution in [3.8, 4) is 6.19 Å². The quantitative estimate of drug-likeness (QED) is 0.324. The van der Waals surface area contributed by atoms with Crippen LogP contribution in [0.4, 0.5) is 29.3 Å². The van der Waals surface area contributed by atoms with E-state index in [9.17, 15) is 23.2 Å². The fourth-order valence-corrected chi connectivity index (χ4v) is 3.49. The maximum absolute atomic E-state index is 13.6. The number of rotatable bonds is 3. The Bertz CT molecular complexity index is 1050. The Kier molecular flexibility index (Phi) is 7.20. The molecule has 1 saturated heterocycles. The number of amides is 2. The van der Waals surface area contributed by atoms with Crippen molar-refractivity contribution in [1.82, 2.24) is 15.1 Å². The van der Waals surface area contributed by atoms with Gasteiger partial charge in [-0.15, -0.1) is 0 Å². The first-order valence-corrected chi connectivity index (χ1v) is 10.1. The van der Waals surface area contributed by atoms with Crippen molar-refractivity contribution in [1.29, 1.82) is 5.26 Å². The number of aliphatic imine (C=N–C) groups is 1. The van der Waals surface area contributed by atoms with Gasteiger partial charge in [0.15, 0.2) is 17.8 Å².